The Labute approximate surface area is 104 Å². The Morgan fingerprint density at radius 2 is 2.11 bits per heavy atom. The Bertz CT molecular complexity index is 588. The number of aryl methyl sites for hydroxylation is 1. The summed E-state index contributed by atoms with van der Waals surface area (Å²) in [5.74, 6) is -0.108. The molecular formula is C13H15NO4. The summed E-state index contributed by atoms with van der Waals surface area (Å²) < 4.78 is 9.78. The number of aromatic amines is 1. The molecule has 5 nitrogen and oxygen atoms in total. The molecular weight excluding hydrogens is 234 g/mol. The van der Waals surface area contributed by atoms with Crippen LogP contribution in [0.1, 0.15) is 17.2 Å². The number of aliphatic hydroxyl groups is 1. The molecule has 2 rings (SSSR count). The maximum atomic E-state index is 11.4. The molecule has 0 saturated carbocycles. The van der Waals surface area contributed by atoms with E-state index in [1.165, 1.54) is 7.11 Å². The highest BCUT2D eigenvalue weighted by molar-refractivity contribution is 5.90. The van der Waals surface area contributed by atoms with Gasteiger partial charge in [-0.05, 0) is 30.2 Å². The fraction of sp³-hybridized carbons (Fsp3) is 0.308. The highest BCUT2D eigenvalue weighted by Gasteiger charge is 2.20. The fourth-order valence-electron chi connectivity index (χ4n) is 1.92. The molecule has 2 N–H and O–H groups in total. The Morgan fingerprint density at radius 3 is 2.72 bits per heavy atom. The van der Waals surface area contributed by atoms with Crippen LogP contribution in [0.4, 0.5) is 0 Å². The lowest BCUT2D eigenvalue weighted by molar-refractivity contribution is -0.150. The summed E-state index contributed by atoms with van der Waals surface area (Å²) in [6, 6.07) is 3.38. The van der Waals surface area contributed by atoms with Crippen LogP contribution in [0, 0.1) is 6.92 Å². The van der Waals surface area contributed by atoms with Crippen LogP contribution in [0.5, 0.6) is 5.75 Å². The van der Waals surface area contributed by atoms with Gasteiger partial charge in [0.25, 0.3) is 0 Å². The van der Waals surface area contributed by atoms with Crippen molar-refractivity contribution in [3.63, 3.8) is 0 Å². The van der Waals surface area contributed by atoms with E-state index in [0.717, 1.165) is 16.5 Å². The number of methoxy groups -OCH3 is 2. The lowest BCUT2D eigenvalue weighted by Gasteiger charge is -2.11. The van der Waals surface area contributed by atoms with Gasteiger partial charge < -0.3 is 19.6 Å². The number of esters is 1. The van der Waals surface area contributed by atoms with Crippen molar-refractivity contribution in [1.29, 1.82) is 0 Å². The average Bonchev–Trinajstić information content (AvgIpc) is 2.77. The van der Waals surface area contributed by atoms with Crippen molar-refractivity contribution in [3.8, 4) is 5.75 Å². The summed E-state index contributed by atoms with van der Waals surface area (Å²) in [6.45, 7) is 1.94. The van der Waals surface area contributed by atoms with E-state index >= 15 is 0 Å². The Kier molecular flexibility index (Phi) is 3.25. The number of H-pyrrole nitrogens is 1. The van der Waals surface area contributed by atoms with Crippen LogP contribution in [0.3, 0.4) is 0 Å². The molecule has 0 aliphatic carbocycles. The molecule has 1 aromatic heterocycles. The summed E-state index contributed by atoms with van der Waals surface area (Å²) in [5, 5.41) is 10.8. The SMILES string of the molecule is COC(=O)C(O)c1cc(OC)c2[nH]cc(C)c2c1. The van der Waals surface area contributed by atoms with E-state index in [-0.39, 0.29) is 0 Å². The molecule has 1 atom stereocenters. The van der Waals surface area contributed by atoms with Crippen LogP contribution in [0.25, 0.3) is 10.9 Å². The van der Waals surface area contributed by atoms with Crippen LogP contribution < -0.4 is 4.74 Å². The number of hydrogen-bond donors (Lipinski definition) is 2. The van der Waals surface area contributed by atoms with Gasteiger partial charge >= 0.3 is 5.97 Å². The van der Waals surface area contributed by atoms with Gasteiger partial charge in [-0.25, -0.2) is 4.79 Å². The first-order chi connectivity index (χ1) is 8.58. The molecule has 0 fully saturated rings. The van der Waals surface area contributed by atoms with Crippen LogP contribution in [-0.4, -0.2) is 30.3 Å². The molecule has 1 heterocycles. The Balaban J connectivity index is 2.58. The molecule has 0 radical (unpaired) electrons. The minimum Gasteiger partial charge on any atom is -0.495 e. The number of carbonyl (C=O) groups is 1. The first kappa shape index (κ1) is 12.4. The first-order valence-corrected chi connectivity index (χ1v) is 5.50. The monoisotopic (exact) mass is 249 g/mol. The summed E-state index contributed by atoms with van der Waals surface area (Å²) in [4.78, 5) is 14.4. The van der Waals surface area contributed by atoms with E-state index < -0.39 is 12.1 Å². The van der Waals surface area contributed by atoms with Gasteiger partial charge in [0.15, 0.2) is 6.10 Å². The molecule has 18 heavy (non-hydrogen) atoms. The first-order valence-electron chi connectivity index (χ1n) is 5.50. The van der Waals surface area contributed by atoms with Gasteiger partial charge in [-0.3, -0.25) is 0 Å². The molecule has 0 amide bonds. The summed E-state index contributed by atoms with van der Waals surface area (Å²) >= 11 is 0. The second-order valence-corrected chi connectivity index (χ2v) is 4.04. The normalized spacial score (nSPS) is 12.4. The Morgan fingerprint density at radius 1 is 1.39 bits per heavy atom. The van der Waals surface area contributed by atoms with Crippen LogP contribution in [-0.2, 0) is 9.53 Å². The quantitative estimate of drug-likeness (QED) is 0.812. The average molecular weight is 249 g/mol. The summed E-state index contributed by atoms with van der Waals surface area (Å²) in [7, 11) is 2.78. The van der Waals surface area contributed by atoms with Gasteiger partial charge in [0.1, 0.15) is 5.75 Å². The van der Waals surface area contributed by atoms with E-state index in [4.69, 9.17) is 4.74 Å². The minimum atomic E-state index is -1.30. The molecule has 2 aromatic rings. The number of aliphatic hydroxyl groups excluding tert-OH is 1. The number of fused-ring (bicyclic) bond motifs is 1. The number of carbonyl (C=O) groups excluding carboxylic acids is 1. The maximum Gasteiger partial charge on any atom is 0.339 e. The van der Waals surface area contributed by atoms with Gasteiger partial charge in [-0.1, -0.05) is 0 Å². The zero-order valence-corrected chi connectivity index (χ0v) is 10.5. The van der Waals surface area contributed by atoms with Crippen molar-refractivity contribution < 1.29 is 19.4 Å². The number of rotatable bonds is 3. The molecule has 0 aliphatic rings. The smallest absolute Gasteiger partial charge is 0.339 e. The van der Waals surface area contributed by atoms with Crippen molar-refractivity contribution in [2.45, 2.75) is 13.0 Å². The number of aromatic nitrogens is 1. The van der Waals surface area contributed by atoms with Crippen molar-refractivity contribution in [3.05, 3.63) is 29.5 Å². The molecule has 96 valence electrons. The zero-order chi connectivity index (χ0) is 13.3. The Hall–Kier alpha value is -2.01. The second-order valence-electron chi connectivity index (χ2n) is 4.04. The van der Waals surface area contributed by atoms with Crippen LogP contribution in [0.15, 0.2) is 18.3 Å². The van der Waals surface area contributed by atoms with Crippen molar-refractivity contribution in [1.82, 2.24) is 4.98 Å². The number of nitrogens with one attached hydrogen (secondary N) is 1. The largest absolute Gasteiger partial charge is 0.495 e. The van der Waals surface area contributed by atoms with Gasteiger partial charge in [0, 0.05) is 11.6 Å². The molecule has 0 spiro atoms. The van der Waals surface area contributed by atoms with E-state index in [2.05, 4.69) is 9.72 Å². The van der Waals surface area contributed by atoms with Gasteiger partial charge in [0.05, 0.1) is 19.7 Å². The number of benzene rings is 1. The third-order valence-electron chi connectivity index (χ3n) is 2.94. The highest BCUT2D eigenvalue weighted by atomic mass is 16.5. The molecule has 0 saturated heterocycles. The standard InChI is InChI=1S/C13H15NO4/c1-7-6-14-11-9(7)4-8(5-10(11)17-2)12(15)13(16)18-3/h4-6,12,14-15H,1-3H3. The van der Waals surface area contributed by atoms with Crippen LogP contribution in [0.2, 0.25) is 0 Å². The van der Waals surface area contributed by atoms with Crippen LogP contribution >= 0.6 is 0 Å². The van der Waals surface area contributed by atoms with Crippen molar-refractivity contribution in [2.75, 3.05) is 14.2 Å². The molecule has 1 unspecified atom stereocenters. The van der Waals surface area contributed by atoms with E-state index in [1.54, 1.807) is 19.2 Å². The van der Waals surface area contributed by atoms with Gasteiger partial charge in [-0.15, -0.1) is 0 Å². The molecule has 1 aromatic carbocycles. The minimum absolute atomic E-state index is 0.453. The lowest BCUT2D eigenvalue weighted by Crippen LogP contribution is -2.13. The maximum absolute atomic E-state index is 11.4. The van der Waals surface area contributed by atoms with Gasteiger partial charge in [0.2, 0.25) is 0 Å². The predicted molar refractivity (Wildman–Crippen MR) is 66.6 cm³/mol. The lowest BCUT2D eigenvalue weighted by atomic mass is 10.0. The van der Waals surface area contributed by atoms with Crippen molar-refractivity contribution >= 4 is 16.9 Å². The molecule has 0 bridgehead atoms. The molecule has 5 heteroatoms. The van der Waals surface area contributed by atoms with Gasteiger partial charge in [-0.2, -0.15) is 0 Å². The van der Waals surface area contributed by atoms with E-state index in [9.17, 15) is 9.90 Å². The topological polar surface area (TPSA) is 71.6 Å². The highest BCUT2D eigenvalue weighted by Crippen LogP contribution is 2.31. The third kappa shape index (κ3) is 1.93. The molecule has 0 aliphatic heterocycles. The number of ether oxygens (including phenoxy) is 2. The van der Waals surface area contributed by atoms with E-state index in [0.29, 0.717) is 11.3 Å². The predicted octanol–water partition coefficient (Wildman–Crippen LogP) is 1.69. The van der Waals surface area contributed by atoms with E-state index in [1.807, 2.05) is 13.1 Å². The zero-order valence-electron chi connectivity index (χ0n) is 10.5. The summed E-state index contributed by atoms with van der Waals surface area (Å²) in [5.41, 5.74) is 2.31. The number of hydrogen-bond acceptors (Lipinski definition) is 4. The fourth-order valence-corrected chi connectivity index (χ4v) is 1.92. The second kappa shape index (κ2) is 4.70. The third-order valence-corrected chi connectivity index (χ3v) is 2.94. The van der Waals surface area contributed by atoms with Crippen molar-refractivity contribution in [2.24, 2.45) is 0 Å². The summed E-state index contributed by atoms with van der Waals surface area (Å²) in [6.07, 6.45) is 0.546.